The van der Waals surface area contributed by atoms with Gasteiger partial charge in [0.1, 0.15) is 0 Å². The number of nitrogens with two attached hydrogens (primary N) is 1. The second-order valence-corrected chi connectivity index (χ2v) is 3.32. The van der Waals surface area contributed by atoms with E-state index < -0.39 is 0 Å². The minimum Gasteiger partial charge on any atom is -0.323 e. The van der Waals surface area contributed by atoms with Crippen LogP contribution in [0.4, 0.5) is 0 Å². The number of nitrogens with zero attached hydrogens (tertiary/aromatic N) is 2. The molecular weight excluding hydrogens is 162 g/mol. The van der Waals surface area contributed by atoms with Gasteiger partial charge in [0, 0.05) is 17.5 Å². The topological polar surface area (TPSA) is 43.8 Å². The van der Waals surface area contributed by atoms with Crippen LogP contribution in [0.5, 0.6) is 0 Å². The molecule has 64 valence electrons. The lowest BCUT2D eigenvalue weighted by molar-refractivity contribution is 0.833. The van der Waals surface area contributed by atoms with Crippen LogP contribution in [-0.2, 0) is 6.42 Å². The monoisotopic (exact) mass is 171 g/mol. The molecule has 0 saturated carbocycles. The van der Waals surface area contributed by atoms with Crippen molar-refractivity contribution >= 4 is 0 Å². The van der Waals surface area contributed by atoms with Crippen LogP contribution in [0, 0.1) is 0 Å². The van der Waals surface area contributed by atoms with Crippen molar-refractivity contribution in [1.82, 2.24) is 9.89 Å². The average Bonchev–Trinajstić information content (AvgIpc) is 2.60. The third kappa shape index (κ3) is 0.811. The highest BCUT2D eigenvalue weighted by Gasteiger charge is 2.20. The molecule has 1 aliphatic rings. The van der Waals surface area contributed by atoms with E-state index in [-0.39, 0.29) is 0 Å². The maximum Gasteiger partial charge on any atom is 0.0982 e. The standard InChI is InChI=1S/C10H9N3/c11-13-6-8-5-7-3-1-2-4-9(7)10(8)12-13/h1-4,6H,5,11H2. The normalized spacial score (nSPS) is 12.6. The van der Waals surface area contributed by atoms with Gasteiger partial charge in [-0.1, -0.05) is 24.3 Å². The zero-order chi connectivity index (χ0) is 8.84. The molecule has 1 aromatic heterocycles. The van der Waals surface area contributed by atoms with Crippen molar-refractivity contribution in [2.45, 2.75) is 6.42 Å². The first kappa shape index (κ1) is 6.71. The summed E-state index contributed by atoms with van der Waals surface area (Å²) in [6.07, 6.45) is 2.85. The Balaban J connectivity index is 2.30. The molecule has 0 radical (unpaired) electrons. The van der Waals surface area contributed by atoms with Crippen LogP contribution in [-0.4, -0.2) is 9.89 Å². The molecule has 0 aliphatic heterocycles. The van der Waals surface area contributed by atoms with Gasteiger partial charge < -0.3 is 5.84 Å². The molecule has 0 unspecified atom stereocenters. The lowest BCUT2D eigenvalue weighted by Gasteiger charge is -1.96. The predicted octanol–water partition coefficient (Wildman–Crippen LogP) is 1.17. The Morgan fingerprint density at radius 2 is 2.08 bits per heavy atom. The van der Waals surface area contributed by atoms with E-state index in [9.17, 15) is 0 Å². The van der Waals surface area contributed by atoms with Crippen molar-refractivity contribution in [2.24, 2.45) is 0 Å². The summed E-state index contributed by atoms with van der Waals surface area (Å²) >= 11 is 0. The summed E-state index contributed by atoms with van der Waals surface area (Å²) in [6, 6.07) is 8.32. The molecule has 1 aliphatic carbocycles. The van der Waals surface area contributed by atoms with Crippen molar-refractivity contribution in [3.8, 4) is 11.3 Å². The third-order valence-corrected chi connectivity index (χ3v) is 2.46. The average molecular weight is 171 g/mol. The highest BCUT2D eigenvalue weighted by molar-refractivity contribution is 5.72. The van der Waals surface area contributed by atoms with Crippen LogP contribution in [0.3, 0.4) is 0 Å². The van der Waals surface area contributed by atoms with Gasteiger partial charge in [-0.05, 0) is 5.56 Å². The first-order valence-corrected chi connectivity index (χ1v) is 4.26. The van der Waals surface area contributed by atoms with Gasteiger partial charge in [0.15, 0.2) is 0 Å². The number of fused-ring (bicyclic) bond motifs is 3. The lowest BCUT2D eigenvalue weighted by atomic mass is 10.1. The minimum atomic E-state index is 0.961. The van der Waals surface area contributed by atoms with E-state index in [4.69, 9.17) is 5.84 Å². The molecule has 0 amide bonds. The molecule has 13 heavy (non-hydrogen) atoms. The Morgan fingerprint density at radius 1 is 1.23 bits per heavy atom. The maximum atomic E-state index is 5.55. The van der Waals surface area contributed by atoms with Gasteiger partial charge in [0.05, 0.1) is 11.9 Å². The molecule has 2 aromatic rings. The lowest BCUT2D eigenvalue weighted by Crippen LogP contribution is -2.08. The molecule has 0 spiro atoms. The fourth-order valence-corrected chi connectivity index (χ4v) is 1.90. The van der Waals surface area contributed by atoms with Gasteiger partial charge in [-0.15, -0.1) is 0 Å². The Morgan fingerprint density at radius 3 is 3.00 bits per heavy atom. The van der Waals surface area contributed by atoms with Crippen LogP contribution >= 0.6 is 0 Å². The third-order valence-electron chi connectivity index (χ3n) is 2.46. The first-order chi connectivity index (χ1) is 6.34. The number of rotatable bonds is 0. The molecule has 0 bridgehead atoms. The zero-order valence-electron chi connectivity index (χ0n) is 7.07. The molecule has 0 fully saturated rings. The quantitative estimate of drug-likeness (QED) is 0.516. The van der Waals surface area contributed by atoms with E-state index in [2.05, 4.69) is 23.3 Å². The second-order valence-electron chi connectivity index (χ2n) is 3.32. The highest BCUT2D eigenvalue weighted by Crippen LogP contribution is 2.34. The Labute approximate surface area is 75.8 Å². The van der Waals surface area contributed by atoms with Crippen molar-refractivity contribution in [3.63, 3.8) is 0 Å². The van der Waals surface area contributed by atoms with Gasteiger partial charge in [-0.25, -0.2) is 0 Å². The van der Waals surface area contributed by atoms with E-state index in [0.717, 1.165) is 12.1 Å². The SMILES string of the molecule is Nn1cc2c(n1)-c1ccccc1C2. The van der Waals surface area contributed by atoms with Crippen LogP contribution in [0.25, 0.3) is 11.3 Å². The summed E-state index contributed by atoms with van der Waals surface area (Å²) in [5.74, 6) is 5.55. The number of hydrogen-bond donors (Lipinski definition) is 1. The summed E-state index contributed by atoms with van der Waals surface area (Å²) in [5, 5.41) is 4.23. The number of nitrogen functional groups attached to an aromatic ring is 1. The van der Waals surface area contributed by atoms with E-state index in [0.29, 0.717) is 0 Å². The molecule has 0 saturated heterocycles. The summed E-state index contributed by atoms with van der Waals surface area (Å²) in [6.45, 7) is 0. The van der Waals surface area contributed by atoms with Gasteiger partial charge in [-0.2, -0.15) is 9.89 Å². The molecule has 3 heteroatoms. The first-order valence-electron chi connectivity index (χ1n) is 4.26. The van der Waals surface area contributed by atoms with Crippen molar-refractivity contribution < 1.29 is 0 Å². The van der Waals surface area contributed by atoms with Crippen LogP contribution in [0.1, 0.15) is 11.1 Å². The smallest absolute Gasteiger partial charge is 0.0982 e. The van der Waals surface area contributed by atoms with E-state index >= 15 is 0 Å². The Hall–Kier alpha value is -1.77. The number of benzene rings is 1. The van der Waals surface area contributed by atoms with E-state index in [1.165, 1.54) is 21.5 Å². The summed E-state index contributed by atoms with van der Waals surface area (Å²) in [7, 11) is 0. The predicted molar refractivity (Wildman–Crippen MR) is 50.6 cm³/mol. The molecule has 3 nitrogen and oxygen atoms in total. The van der Waals surface area contributed by atoms with E-state index in [1.54, 1.807) is 0 Å². The van der Waals surface area contributed by atoms with Gasteiger partial charge in [0.25, 0.3) is 0 Å². The second kappa shape index (κ2) is 2.13. The van der Waals surface area contributed by atoms with Crippen molar-refractivity contribution in [3.05, 3.63) is 41.6 Å². The molecule has 0 atom stereocenters. The largest absolute Gasteiger partial charge is 0.323 e. The molecule has 3 rings (SSSR count). The number of aromatic nitrogens is 2. The summed E-state index contributed by atoms with van der Waals surface area (Å²) in [5.41, 5.74) is 4.84. The molecule has 1 heterocycles. The molecular formula is C10H9N3. The zero-order valence-corrected chi connectivity index (χ0v) is 7.07. The molecule has 1 aromatic carbocycles. The minimum absolute atomic E-state index is 0.961. The van der Waals surface area contributed by atoms with Crippen LogP contribution < -0.4 is 5.84 Å². The van der Waals surface area contributed by atoms with Gasteiger partial charge in [-0.3, -0.25) is 0 Å². The maximum absolute atomic E-state index is 5.55. The fraction of sp³-hybridized carbons (Fsp3) is 0.100. The summed E-state index contributed by atoms with van der Waals surface area (Å²) < 4.78 is 0. The van der Waals surface area contributed by atoms with E-state index in [1.807, 2.05) is 12.3 Å². The van der Waals surface area contributed by atoms with Crippen LogP contribution in [0.2, 0.25) is 0 Å². The van der Waals surface area contributed by atoms with Gasteiger partial charge >= 0.3 is 0 Å². The highest BCUT2D eigenvalue weighted by atomic mass is 15.5. The number of hydrogen-bond acceptors (Lipinski definition) is 2. The Bertz CT molecular complexity index is 471. The molecule has 2 N–H and O–H groups in total. The Kier molecular flexibility index (Phi) is 1.10. The van der Waals surface area contributed by atoms with Crippen molar-refractivity contribution in [1.29, 1.82) is 0 Å². The summed E-state index contributed by atoms with van der Waals surface area (Å²) in [4.78, 5) is 1.39. The van der Waals surface area contributed by atoms with Crippen LogP contribution in [0.15, 0.2) is 30.5 Å². The fourth-order valence-electron chi connectivity index (χ4n) is 1.90. The van der Waals surface area contributed by atoms with Crippen molar-refractivity contribution in [2.75, 3.05) is 5.84 Å². The van der Waals surface area contributed by atoms with Gasteiger partial charge in [0.2, 0.25) is 0 Å².